The smallest absolute Gasteiger partial charge is 0.341 e. The van der Waals surface area contributed by atoms with Gasteiger partial charge in [0.2, 0.25) is 0 Å². The lowest BCUT2D eigenvalue weighted by Crippen LogP contribution is -2.19. The van der Waals surface area contributed by atoms with Crippen molar-refractivity contribution in [3.8, 4) is 0 Å². The van der Waals surface area contributed by atoms with Crippen molar-refractivity contribution < 1.29 is 22.8 Å². The van der Waals surface area contributed by atoms with Crippen molar-refractivity contribution in [1.82, 2.24) is 14.9 Å². The number of aromatic amines is 1. The van der Waals surface area contributed by atoms with E-state index in [1.807, 2.05) is 19.0 Å². The molecule has 7 nitrogen and oxygen atoms in total. The summed E-state index contributed by atoms with van der Waals surface area (Å²) < 4.78 is 40.3. The van der Waals surface area contributed by atoms with E-state index >= 15 is 0 Å². The largest absolute Gasteiger partial charge is 0.417 e. The number of carbonyl (C=O) groups is 2. The summed E-state index contributed by atoms with van der Waals surface area (Å²) in [6.45, 7) is 2.20. The Morgan fingerprint density at radius 1 is 1.00 bits per heavy atom. The third kappa shape index (κ3) is 5.76. The molecular formula is C26H23ClF3N5O2. The zero-order valence-electron chi connectivity index (χ0n) is 20.1. The minimum absolute atomic E-state index is 0.123. The van der Waals surface area contributed by atoms with E-state index in [0.29, 0.717) is 39.7 Å². The monoisotopic (exact) mass is 529 g/mol. The molecule has 0 fully saturated rings. The molecule has 3 aromatic carbocycles. The van der Waals surface area contributed by atoms with Gasteiger partial charge in [-0.15, -0.1) is 0 Å². The van der Waals surface area contributed by atoms with E-state index in [1.165, 1.54) is 24.3 Å². The topological polar surface area (TPSA) is 90.1 Å². The minimum Gasteiger partial charge on any atom is -0.341 e. The lowest BCUT2D eigenvalue weighted by Gasteiger charge is -2.14. The lowest BCUT2D eigenvalue weighted by atomic mass is 10.1. The number of imidazole rings is 1. The van der Waals surface area contributed by atoms with Crippen molar-refractivity contribution in [3.63, 3.8) is 0 Å². The number of H-pyrrole nitrogens is 1. The fraction of sp³-hybridized carbons (Fsp3) is 0.192. The van der Waals surface area contributed by atoms with Crippen LogP contribution in [0.15, 0.2) is 54.6 Å². The summed E-state index contributed by atoms with van der Waals surface area (Å²) in [6.07, 6.45) is -4.71. The van der Waals surface area contributed by atoms with Crippen molar-refractivity contribution in [3.05, 3.63) is 87.7 Å². The number of hydrogen-bond acceptors (Lipinski definition) is 4. The second-order valence-corrected chi connectivity index (χ2v) is 9.11. The Hall–Kier alpha value is -3.89. The van der Waals surface area contributed by atoms with Gasteiger partial charge in [0.1, 0.15) is 11.3 Å². The molecule has 4 aromatic rings. The number of nitrogens with one attached hydrogen (secondary N) is 3. The number of alkyl halides is 3. The van der Waals surface area contributed by atoms with E-state index in [2.05, 4.69) is 20.6 Å². The van der Waals surface area contributed by atoms with Crippen LogP contribution in [0.4, 0.5) is 24.5 Å². The zero-order valence-corrected chi connectivity index (χ0v) is 20.9. The fourth-order valence-corrected chi connectivity index (χ4v) is 4.02. The highest BCUT2D eigenvalue weighted by Crippen LogP contribution is 2.33. The molecule has 2 amide bonds. The number of benzene rings is 3. The molecule has 0 aliphatic carbocycles. The Morgan fingerprint density at radius 3 is 2.41 bits per heavy atom. The second-order valence-electron chi connectivity index (χ2n) is 8.71. The van der Waals surface area contributed by atoms with Gasteiger partial charge in [0.15, 0.2) is 0 Å². The van der Waals surface area contributed by atoms with Gasteiger partial charge in [-0.3, -0.25) is 9.59 Å². The van der Waals surface area contributed by atoms with E-state index in [0.717, 1.165) is 12.1 Å². The number of rotatable bonds is 6. The number of amides is 2. The summed E-state index contributed by atoms with van der Waals surface area (Å²) in [7, 11) is 3.71. The molecule has 37 heavy (non-hydrogen) atoms. The van der Waals surface area contributed by atoms with E-state index in [-0.39, 0.29) is 11.3 Å². The van der Waals surface area contributed by atoms with Gasteiger partial charge in [0, 0.05) is 16.4 Å². The number of aromatic nitrogens is 2. The van der Waals surface area contributed by atoms with Gasteiger partial charge >= 0.3 is 6.18 Å². The number of nitrogens with zero attached hydrogens (tertiary/aromatic N) is 2. The maximum absolute atomic E-state index is 13.4. The van der Waals surface area contributed by atoms with Gasteiger partial charge in [0.05, 0.1) is 28.8 Å². The van der Waals surface area contributed by atoms with Crippen LogP contribution in [0.3, 0.4) is 0 Å². The van der Waals surface area contributed by atoms with E-state index in [9.17, 15) is 22.8 Å². The average molecular weight is 530 g/mol. The maximum atomic E-state index is 13.4. The molecule has 0 saturated heterocycles. The summed E-state index contributed by atoms with van der Waals surface area (Å²) in [4.78, 5) is 35.7. The summed E-state index contributed by atoms with van der Waals surface area (Å²) in [6, 6.07) is 12.5. The van der Waals surface area contributed by atoms with Crippen LogP contribution < -0.4 is 10.6 Å². The molecule has 0 aliphatic heterocycles. The van der Waals surface area contributed by atoms with Gasteiger partial charge in [-0.05, 0) is 63.0 Å². The lowest BCUT2D eigenvalue weighted by molar-refractivity contribution is -0.137. The van der Waals surface area contributed by atoms with Gasteiger partial charge < -0.3 is 20.5 Å². The molecule has 1 heterocycles. The first-order chi connectivity index (χ1) is 17.4. The number of halogens is 4. The summed E-state index contributed by atoms with van der Waals surface area (Å²) >= 11 is 6.17. The van der Waals surface area contributed by atoms with Crippen LogP contribution in [-0.4, -0.2) is 40.8 Å². The number of anilines is 2. The molecule has 0 radical (unpaired) electrons. The SMILES string of the molecule is Cc1c(Cl)cccc1NC(=O)c1cc(NC(=O)c2ccccc2C(F)(F)F)cc2[nH]c(CN(C)C)nc12. The predicted molar refractivity (Wildman–Crippen MR) is 137 cm³/mol. The van der Waals surface area contributed by atoms with Crippen molar-refractivity contribution in [2.75, 3.05) is 24.7 Å². The Labute approximate surface area is 215 Å². The van der Waals surface area contributed by atoms with Crippen molar-refractivity contribution >= 4 is 45.8 Å². The molecule has 0 unspecified atom stereocenters. The summed E-state index contributed by atoms with van der Waals surface area (Å²) in [5.74, 6) is -0.915. The van der Waals surface area contributed by atoms with Gasteiger partial charge in [-0.1, -0.05) is 29.8 Å². The van der Waals surface area contributed by atoms with Crippen molar-refractivity contribution in [2.24, 2.45) is 0 Å². The first kappa shape index (κ1) is 26.2. The van der Waals surface area contributed by atoms with E-state index < -0.39 is 29.1 Å². The Bertz CT molecular complexity index is 1500. The van der Waals surface area contributed by atoms with Gasteiger partial charge in [0.25, 0.3) is 11.8 Å². The fourth-order valence-electron chi connectivity index (χ4n) is 3.85. The second kappa shape index (κ2) is 10.2. The maximum Gasteiger partial charge on any atom is 0.417 e. The zero-order chi connectivity index (χ0) is 26.9. The molecule has 4 rings (SSSR count). The molecule has 0 aliphatic rings. The third-order valence-corrected chi connectivity index (χ3v) is 6.01. The molecule has 1 aromatic heterocycles. The third-order valence-electron chi connectivity index (χ3n) is 5.60. The number of carbonyl (C=O) groups excluding carboxylic acids is 2. The van der Waals surface area contributed by atoms with Crippen LogP contribution in [0.1, 0.15) is 37.7 Å². The van der Waals surface area contributed by atoms with Gasteiger partial charge in [-0.2, -0.15) is 13.2 Å². The van der Waals surface area contributed by atoms with Crippen molar-refractivity contribution in [1.29, 1.82) is 0 Å². The minimum atomic E-state index is -4.71. The highest BCUT2D eigenvalue weighted by atomic mass is 35.5. The quantitative estimate of drug-likeness (QED) is 0.281. The summed E-state index contributed by atoms with van der Waals surface area (Å²) in [5, 5.41) is 5.77. The average Bonchev–Trinajstić information content (AvgIpc) is 3.22. The van der Waals surface area contributed by atoms with Crippen LogP contribution in [0, 0.1) is 6.92 Å². The van der Waals surface area contributed by atoms with Crippen molar-refractivity contribution in [2.45, 2.75) is 19.6 Å². The standard InChI is InChI=1S/C26H23ClF3N5O2/c1-14-19(27)9-6-10-20(14)33-25(37)17-11-15(12-21-23(17)34-22(32-21)13-35(2)3)31-24(36)16-7-4-5-8-18(16)26(28,29)30/h4-12H,13H2,1-3H3,(H,31,36)(H,32,34)(H,33,37). The van der Waals surface area contributed by atoms with E-state index in [4.69, 9.17) is 11.6 Å². The Balaban J connectivity index is 1.75. The molecule has 192 valence electrons. The summed E-state index contributed by atoms with van der Waals surface area (Å²) in [5.41, 5.74) is 0.598. The first-order valence-electron chi connectivity index (χ1n) is 11.2. The molecule has 3 N–H and O–H groups in total. The molecule has 0 saturated carbocycles. The molecule has 0 bridgehead atoms. The van der Waals surface area contributed by atoms with Crippen LogP contribution in [-0.2, 0) is 12.7 Å². The predicted octanol–water partition coefficient (Wildman–Crippen LogP) is 6.11. The van der Waals surface area contributed by atoms with Crippen LogP contribution >= 0.6 is 11.6 Å². The molecule has 0 spiro atoms. The van der Waals surface area contributed by atoms with Crippen LogP contribution in [0.5, 0.6) is 0 Å². The molecule has 0 atom stereocenters. The number of hydrogen-bond donors (Lipinski definition) is 3. The Morgan fingerprint density at radius 2 is 1.70 bits per heavy atom. The van der Waals surface area contributed by atoms with Crippen LogP contribution in [0.25, 0.3) is 11.0 Å². The van der Waals surface area contributed by atoms with Crippen LogP contribution in [0.2, 0.25) is 5.02 Å². The van der Waals surface area contributed by atoms with Gasteiger partial charge in [-0.25, -0.2) is 4.98 Å². The first-order valence-corrected chi connectivity index (χ1v) is 11.5. The molecular weight excluding hydrogens is 507 g/mol. The normalized spacial score (nSPS) is 11.7. The number of fused-ring (bicyclic) bond motifs is 1. The highest BCUT2D eigenvalue weighted by molar-refractivity contribution is 6.31. The highest BCUT2D eigenvalue weighted by Gasteiger charge is 2.35. The van der Waals surface area contributed by atoms with E-state index in [1.54, 1.807) is 25.1 Å². The Kier molecular flexibility index (Phi) is 7.24. The molecule has 11 heteroatoms.